The van der Waals surface area contributed by atoms with Crippen LogP contribution in [0.4, 0.5) is 5.69 Å². The molecule has 0 saturated carbocycles. The number of hydrogen-bond acceptors (Lipinski definition) is 8. The lowest BCUT2D eigenvalue weighted by Crippen LogP contribution is -2.53. The first kappa shape index (κ1) is 36.7. The van der Waals surface area contributed by atoms with Crippen LogP contribution in [0.3, 0.4) is 0 Å². The van der Waals surface area contributed by atoms with Crippen molar-refractivity contribution in [2.75, 3.05) is 25.1 Å². The molecular weight excluding hydrogens is 753 g/mol. The maximum atomic E-state index is 14.0. The number of esters is 1. The number of hydroxylamine groups is 2. The van der Waals surface area contributed by atoms with Gasteiger partial charge in [0.05, 0.1) is 45.1 Å². The van der Waals surface area contributed by atoms with Crippen molar-refractivity contribution in [3.63, 3.8) is 0 Å². The van der Waals surface area contributed by atoms with E-state index in [1.54, 1.807) is 0 Å². The minimum atomic E-state index is -1.11. The number of methoxy groups -OCH3 is 1. The average Bonchev–Trinajstić information content (AvgIpc) is 3.47. The number of hydrogen-bond donors (Lipinski definition) is 0. The van der Waals surface area contributed by atoms with E-state index in [1.165, 1.54) is 13.2 Å². The van der Waals surface area contributed by atoms with E-state index < -0.39 is 23.8 Å². The van der Waals surface area contributed by atoms with Crippen molar-refractivity contribution >= 4 is 69.4 Å². The van der Waals surface area contributed by atoms with Crippen LogP contribution in [0.2, 0.25) is 10.0 Å². The number of anilines is 1. The topological polar surface area (TPSA) is 105 Å². The monoisotopic (exact) mass is 794 g/mol. The van der Waals surface area contributed by atoms with E-state index >= 15 is 0 Å². The zero-order valence-electron chi connectivity index (χ0n) is 32.5. The highest BCUT2D eigenvalue weighted by Crippen LogP contribution is 2.53. The molecule has 0 unspecified atom stereocenters. The maximum Gasteiger partial charge on any atom is 0.365 e. The zero-order chi connectivity index (χ0) is 39.7. The van der Waals surface area contributed by atoms with Crippen LogP contribution in [0.25, 0.3) is 16.7 Å². The minimum Gasteiger partial charge on any atom is -0.465 e. The Morgan fingerprint density at radius 3 is 2.25 bits per heavy atom. The molecule has 3 aromatic carbocycles. The highest BCUT2D eigenvalue weighted by Gasteiger charge is 2.43. The van der Waals surface area contributed by atoms with Gasteiger partial charge < -0.3 is 19.2 Å². The molecule has 10 nitrogen and oxygen atoms in total. The van der Waals surface area contributed by atoms with Gasteiger partial charge in [-0.05, 0) is 82.4 Å². The summed E-state index contributed by atoms with van der Waals surface area (Å²) in [5, 5.41) is 2.07. The molecule has 0 spiro atoms. The Hall–Kier alpha value is -4.93. The SMILES string of the molecule is COC(=O)c1c(Cl)c(C(=O)ON2C(=O)CCC2=O)cc(Cl)c1C1=c2cc3c4c(c2Oc2c1cc1c5c2CCCN5C(C)(C)C=C1C)CCC[N+]=4C(C)(C)C=C3C. The van der Waals surface area contributed by atoms with E-state index in [9.17, 15) is 19.2 Å². The van der Waals surface area contributed by atoms with Crippen LogP contribution in [-0.4, -0.2) is 60.1 Å². The summed E-state index contributed by atoms with van der Waals surface area (Å²) in [6, 6.07) is 5.59. The van der Waals surface area contributed by atoms with Crippen molar-refractivity contribution in [3.8, 4) is 11.5 Å². The standard InChI is InChI=1S/C44H42Cl2N3O7/c1-21-19-43(3,4)47-14-8-10-23-37(47)25(21)16-27-33(28-17-26-22(2)20-44(5,6)48-15-9-11-24(38(26)48)40(28)55-39(23)27)34-30(45)18-29(36(46)35(34)42(53)54-7)41(52)56-49-31(50)12-13-32(49)51/h16-20H,8-15H2,1-7H3/q+1. The number of carbonyl (C=O) groups is 4. The van der Waals surface area contributed by atoms with Crippen LogP contribution in [0, 0.1) is 0 Å². The fraction of sp³-hybridized carbons (Fsp3) is 0.386. The molecule has 0 radical (unpaired) electrons. The molecule has 2 amide bonds. The fourth-order valence-corrected chi connectivity index (χ4v) is 10.5. The van der Waals surface area contributed by atoms with Crippen LogP contribution in [-0.2, 0) is 32.0 Å². The molecule has 288 valence electrons. The van der Waals surface area contributed by atoms with Gasteiger partial charge in [-0.1, -0.05) is 29.3 Å². The Kier molecular flexibility index (Phi) is 8.21. The van der Waals surface area contributed by atoms with Crippen molar-refractivity contribution in [3.05, 3.63) is 95.5 Å². The minimum absolute atomic E-state index is 0.0254. The van der Waals surface area contributed by atoms with Gasteiger partial charge in [0, 0.05) is 78.3 Å². The second-order valence-corrected chi connectivity index (χ2v) is 17.4. The van der Waals surface area contributed by atoms with E-state index in [0.717, 1.165) is 94.0 Å². The molecule has 6 heterocycles. The van der Waals surface area contributed by atoms with Crippen molar-refractivity contribution in [1.82, 2.24) is 9.64 Å². The van der Waals surface area contributed by atoms with Gasteiger partial charge in [0.15, 0.2) is 5.54 Å². The maximum absolute atomic E-state index is 14.0. The lowest BCUT2D eigenvalue weighted by Gasteiger charge is -2.47. The second-order valence-electron chi connectivity index (χ2n) is 16.6. The van der Waals surface area contributed by atoms with Crippen LogP contribution in [0.15, 0.2) is 30.4 Å². The molecule has 0 aliphatic carbocycles. The Labute approximate surface area is 334 Å². The van der Waals surface area contributed by atoms with Gasteiger partial charge in [0.2, 0.25) is 5.36 Å². The van der Waals surface area contributed by atoms with E-state index in [4.69, 9.17) is 37.5 Å². The average molecular weight is 796 g/mol. The van der Waals surface area contributed by atoms with Crippen LogP contribution >= 0.6 is 23.2 Å². The summed E-state index contributed by atoms with van der Waals surface area (Å²) >= 11 is 14.4. The molecule has 0 bridgehead atoms. The number of carbonyl (C=O) groups excluding carboxylic acids is 4. The number of rotatable bonds is 4. The number of amides is 2. The van der Waals surface area contributed by atoms with Crippen molar-refractivity contribution < 1.29 is 33.5 Å². The van der Waals surface area contributed by atoms with Crippen molar-refractivity contribution in [2.24, 2.45) is 0 Å². The molecule has 1 fully saturated rings. The van der Waals surface area contributed by atoms with Gasteiger partial charge in [0.1, 0.15) is 18.0 Å². The summed E-state index contributed by atoms with van der Waals surface area (Å²) in [5.41, 5.74) is 8.45. The van der Waals surface area contributed by atoms with Gasteiger partial charge >= 0.3 is 11.9 Å². The molecule has 12 heteroatoms. The largest absolute Gasteiger partial charge is 0.465 e. The first-order chi connectivity index (χ1) is 26.5. The van der Waals surface area contributed by atoms with Crippen LogP contribution < -0.4 is 24.8 Å². The Morgan fingerprint density at radius 2 is 1.54 bits per heavy atom. The van der Waals surface area contributed by atoms with Gasteiger partial charge in [0.25, 0.3) is 11.8 Å². The van der Waals surface area contributed by atoms with Gasteiger partial charge in [-0.2, -0.15) is 0 Å². The van der Waals surface area contributed by atoms with Gasteiger partial charge in [-0.15, -0.1) is 5.06 Å². The number of ether oxygens (including phenoxy) is 2. The fourth-order valence-electron chi connectivity index (χ4n) is 9.90. The predicted molar refractivity (Wildman–Crippen MR) is 214 cm³/mol. The summed E-state index contributed by atoms with van der Waals surface area (Å²) in [6.07, 6.45) is 7.82. The number of imide groups is 1. The number of benzene rings is 3. The predicted octanol–water partition coefficient (Wildman–Crippen LogP) is 6.93. The first-order valence-corrected chi connectivity index (χ1v) is 19.9. The first-order valence-electron chi connectivity index (χ1n) is 19.1. The normalized spacial score (nSPS) is 19.7. The van der Waals surface area contributed by atoms with Gasteiger partial charge in [-0.3, -0.25) is 9.59 Å². The zero-order valence-corrected chi connectivity index (χ0v) is 34.0. The molecule has 56 heavy (non-hydrogen) atoms. The Bertz CT molecular complexity index is 2600. The number of allylic oxidation sites excluding steroid dienone is 2. The number of halogens is 2. The van der Waals surface area contributed by atoms with Crippen LogP contribution in [0.1, 0.15) is 121 Å². The summed E-state index contributed by atoms with van der Waals surface area (Å²) < 4.78 is 15.1. The lowest BCUT2D eigenvalue weighted by atomic mass is 9.78. The smallest absolute Gasteiger partial charge is 0.365 e. The highest BCUT2D eigenvalue weighted by molar-refractivity contribution is 6.40. The molecule has 3 aromatic rings. The molecule has 0 atom stereocenters. The molecule has 6 aliphatic heterocycles. The van der Waals surface area contributed by atoms with Crippen LogP contribution in [0.5, 0.6) is 11.5 Å². The number of fused-ring (bicyclic) bond motifs is 4. The van der Waals surface area contributed by atoms with Crippen molar-refractivity contribution in [1.29, 1.82) is 0 Å². The number of nitrogens with zero attached hydrogens (tertiary/aromatic N) is 3. The molecule has 0 aromatic heterocycles. The van der Waals surface area contributed by atoms with Gasteiger partial charge in [-0.25, -0.2) is 14.2 Å². The Morgan fingerprint density at radius 1 is 0.839 bits per heavy atom. The third-order valence-electron chi connectivity index (χ3n) is 12.2. The molecular formula is C44H42Cl2N3O7+. The summed E-state index contributed by atoms with van der Waals surface area (Å²) in [5.74, 6) is -1.84. The Balaban J connectivity index is 1.41. The van der Waals surface area contributed by atoms with E-state index in [0.29, 0.717) is 22.1 Å². The van der Waals surface area contributed by atoms with E-state index in [-0.39, 0.29) is 50.7 Å². The quantitative estimate of drug-likeness (QED) is 0.125. The summed E-state index contributed by atoms with van der Waals surface area (Å²) in [7, 11) is 1.23. The van der Waals surface area contributed by atoms with E-state index in [2.05, 4.69) is 75.3 Å². The molecule has 9 rings (SSSR count). The summed E-state index contributed by atoms with van der Waals surface area (Å²) in [4.78, 5) is 60.1. The third-order valence-corrected chi connectivity index (χ3v) is 12.9. The molecule has 0 N–H and O–H groups in total. The lowest BCUT2D eigenvalue weighted by molar-refractivity contribution is -0.172. The van der Waals surface area contributed by atoms with E-state index in [1.807, 2.05) is 0 Å². The third kappa shape index (κ3) is 5.17. The highest BCUT2D eigenvalue weighted by atomic mass is 35.5. The van der Waals surface area contributed by atoms with Crippen molar-refractivity contribution in [2.45, 2.75) is 91.1 Å². The molecule has 1 saturated heterocycles. The molecule has 6 aliphatic rings. The second kappa shape index (κ2) is 12.5. The summed E-state index contributed by atoms with van der Waals surface area (Å²) in [6.45, 7) is 15.0.